The number of ether oxygens (including phenoxy) is 2. The van der Waals surface area contributed by atoms with Gasteiger partial charge >= 0.3 is 0 Å². The van der Waals surface area contributed by atoms with Gasteiger partial charge in [0.25, 0.3) is 0 Å². The predicted octanol–water partition coefficient (Wildman–Crippen LogP) is 1.49. The van der Waals surface area contributed by atoms with E-state index in [9.17, 15) is 0 Å². The topological polar surface area (TPSA) is 44.5 Å². The van der Waals surface area contributed by atoms with Crippen LogP contribution in [0.5, 0.6) is 0 Å². The van der Waals surface area contributed by atoms with Gasteiger partial charge in [-0.3, -0.25) is 0 Å². The van der Waals surface area contributed by atoms with E-state index in [1.165, 1.54) is 0 Å². The van der Waals surface area contributed by atoms with Crippen LogP contribution in [-0.4, -0.2) is 30.9 Å². The average molecular weight is 205 g/mol. The monoisotopic (exact) mass is 205 g/mol. The molecule has 0 aromatic rings. The first-order valence-corrected chi connectivity index (χ1v) is 5.08. The maximum absolute atomic E-state index is 5.36. The van der Waals surface area contributed by atoms with Gasteiger partial charge in [-0.25, -0.2) is 0 Å². The van der Waals surface area contributed by atoms with Crippen LogP contribution >= 0.6 is 12.2 Å². The molecule has 0 aliphatic carbocycles. The van der Waals surface area contributed by atoms with Crippen molar-refractivity contribution in [2.45, 2.75) is 32.8 Å². The van der Waals surface area contributed by atoms with Gasteiger partial charge in [0.15, 0.2) is 0 Å². The van der Waals surface area contributed by atoms with Gasteiger partial charge in [-0.05, 0) is 13.3 Å². The first-order chi connectivity index (χ1) is 6.18. The minimum Gasteiger partial charge on any atom is -0.391 e. The van der Waals surface area contributed by atoms with Crippen molar-refractivity contribution < 1.29 is 9.47 Å². The molecule has 4 heteroatoms. The number of thiocarbonyl (C=S) groups is 1. The minimum absolute atomic E-state index is 0.148. The Morgan fingerprint density at radius 2 is 2.08 bits per heavy atom. The van der Waals surface area contributed by atoms with Crippen LogP contribution in [0.3, 0.4) is 0 Å². The molecular formula is C9H19NO2S. The van der Waals surface area contributed by atoms with Crippen molar-refractivity contribution >= 4 is 17.2 Å². The normalized spacial score (nSPS) is 12.8. The zero-order valence-corrected chi connectivity index (χ0v) is 9.23. The van der Waals surface area contributed by atoms with Crippen molar-refractivity contribution in [1.29, 1.82) is 0 Å². The second kappa shape index (κ2) is 8.41. The first kappa shape index (κ1) is 12.8. The van der Waals surface area contributed by atoms with E-state index >= 15 is 0 Å². The smallest absolute Gasteiger partial charge is 0.105 e. The maximum Gasteiger partial charge on any atom is 0.105 e. The Hall–Kier alpha value is -0.190. The van der Waals surface area contributed by atoms with E-state index < -0.39 is 0 Å². The Balaban J connectivity index is 3.11. The van der Waals surface area contributed by atoms with Crippen LogP contribution in [0.2, 0.25) is 0 Å². The standard InChI is InChI=1S/C9H19NO2S/c1-3-4-5-11-6-7-12-8(2)9(10)13/h8H,3-7H2,1-2H3,(H2,10,13). The van der Waals surface area contributed by atoms with Gasteiger partial charge in [0, 0.05) is 6.61 Å². The number of unbranched alkanes of at least 4 members (excludes halogenated alkanes) is 1. The van der Waals surface area contributed by atoms with E-state index in [2.05, 4.69) is 6.92 Å². The highest BCUT2D eigenvalue weighted by Crippen LogP contribution is 1.92. The second-order valence-corrected chi connectivity index (χ2v) is 3.35. The molecule has 0 spiro atoms. The summed E-state index contributed by atoms with van der Waals surface area (Å²) in [6, 6.07) is 0. The molecule has 0 saturated carbocycles. The molecule has 0 radical (unpaired) electrons. The number of nitrogens with two attached hydrogens (primary N) is 1. The predicted molar refractivity (Wildman–Crippen MR) is 57.9 cm³/mol. The fourth-order valence-corrected chi connectivity index (χ4v) is 0.782. The molecule has 1 atom stereocenters. The number of hydrogen-bond donors (Lipinski definition) is 1. The molecule has 13 heavy (non-hydrogen) atoms. The van der Waals surface area contributed by atoms with E-state index in [1.54, 1.807) is 0 Å². The Labute approximate surface area is 85.6 Å². The van der Waals surface area contributed by atoms with Crippen LogP contribution in [0.4, 0.5) is 0 Å². The fraction of sp³-hybridized carbons (Fsp3) is 0.889. The largest absolute Gasteiger partial charge is 0.391 e. The third-order valence-corrected chi connectivity index (χ3v) is 1.97. The van der Waals surface area contributed by atoms with E-state index in [-0.39, 0.29) is 6.10 Å². The molecule has 0 rings (SSSR count). The Morgan fingerprint density at radius 1 is 1.38 bits per heavy atom. The van der Waals surface area contributed by atoms with Crippen molar-refractivity contribution in [3.05, 3.63) is 0 Å². The third-order valence-electron chi connectivity index (χ3n) is 1.64. The van der Waals surface area contributed by atoms with Crippen LogP contribution in [0.1, 0.15) is 26.7 Å². The van der Waals surface area contributed by atoms with Crippen LogP contribution < -0.4 is 5.73 Å². The van der Waals surface area contributed by atoms with Gasteiger partial charge in [-0.2, -0.15) is 0 Å². The lowest BCUT2D eigenvalue weighted by Crippen LogP contribution is -2.27. The highest BCUT2D eigenvalue weighted by Gasteiger charge is 2.03. The van der Waals surface area contributed by atoms with E-state index in [0.717, 1.165) is 19.4 Å². The molecule has 0 aromatic carbocycles. The molecule has 2 N–H and O–H groups in total. The molecular weight excluding hydrogens is 186 g/mol. The molecule has 0 saturated heterocycles. The zero-order valence-electron chi connectivity index (χ0n) is 8.41. The SMILES string of the molecule is CCCCOCCOC(C)C(N)=S. The summed E-state index contributed by atoms with van der Waals surface area (Å²) in [6.45, 7) is 5.96. The third kappa shape index (κ3) is 8.15. The van der Waals surface area contributed by atoms with Crippen molar-refractivity contribution in [3.8, 4) is 0 Å². The summed E-state index contributed by atoms with van der Waals surface area (Å²) < 4.78 is 10.6. The highest BCUT2D eigenvalue weighted by molar-refractivity contribution is 7.80. The second-order valence-electron chi connectivity index (χ2n) is 2.88. The van der Waals surface area contributed by atoms with Gasteiger partial charge in [0.2, 0.25) is 0 Å². The van der Waals surface area contributed by atoms with Crippen molar-refractivity contribution in [2.75, 3.05) is 19.8 Å². The van der Waals surface area contributed by atoms with E-state index in [1.807, 2.05) is 6.92 Å². The molecule has 0 fully saturated rings. The Morgan fingerprint density at radius 3 is 2.62 bits per heavy atom. The van der Waals surface area contributed by atoms with Crippen molar-refractivity contribution in [1.82, 2.24) is 0 Å². The molecule has 1 unspecified atom stereocenters. The number of hydrogen-bond acceptors (Lipinski definition) is 3. The average Bonchev–Trinajstić information content (AvgIpc) is 2.10. The van der Waals surface area contributed by atoms with Gasteiger partial charge < -0.3 is 15.2 Å². The molecule has 0 aliphatic heterocycles. The Bertz CT molecular complexity index is 142. The minimum atomic E-state index is -0.148. The number of rotatable bonds is 8. The lowest BCUT2D eigenvalue weighted by molar-refractivity contribution is 0.0352. The van der Waals surface area contributed by atoms with Crippen LogP contribution in [0, 0.1) is 0 Å². The summed E-state index contributed by atoms with van der Waals surface area (Å²) in [6.07, 6.45) is 2.11. The summed E-state index contributed by atoms with van der Waals surface area (Å²) in [5.41, 5.74) is 5.36. The first-order valence-electron chi connectivity index (χ1n) is 4.67. The summed E-state index contributed by atoms with van der Waals surface area (Å²) in [4.78, 5) is 0.397. The summed E-state index contributed by atoms with van der Waals surface area (Å²) >= 11 is 4.75. The molecule has 0 heterocycles. The molecule has 0 bridgehead atoms. The quantitative estimate of drug-likeness (QED) is 0.482. The van der Waals surface area contributed by atoms with Crippen LogP contribution in [0.25, 0.3) is 0 Å². The van der Waals surface area contributed by atoms with Gasteiger partial charge in [0.1, 0.15) is 11.1 Å². The van der Waals surface area contributed by atoms with Crippen molar-refractivity contribution in [3.63, 3.8) is 0 Å². The van der Waals surface area contributed by atoms with Gasteiger partial charge in [-0.15, -0.1) is 0 Å². The van der Waals surface area contributed by atoms with Gasteiger partial charge in [0.05, 0.1) is 13.2 Å². The van der Waals surface area contributed by atoms with Gasteiger partial charge in [-0.1, -0.05) is 25.6 Å². The lowest BCUT2D eigenvalue weighted by Gasteiger charge is -2.10. The fourth-order valence-electron chi connectivity index (χ4n) is 0.714. The highest BCUT2D eigenvalue weighted by atomic mass is 32.1. The molecule has 78 valence electrons. The van der Waals surface area contributed by atoms with E-state index in [4.69, 9.17) is 27.4 Å². The summed E-state index contributed by atoms with van der Waals surface area (Å²) in [5.74, 6) is 0. The molecule has 3 nitrogen and oxygen atoms in total. The summed E-state index contributed by atoms with van der Waals surface area (Å²) in [7, 11) is 0. The Kier molecular flexibility index (Phi) is 8.29. The maximum atomic E-state index is 5.36. The van der Waals surface area contributed by atoms with Crippen molar-refractivity contribution in [2.24, 2.45) is 5.73 Å². The summed E-state index contributed by atoms with van der Waals surface area (Å²) in [5, 5.41) is 0. The zero-order chi connectivity index (χ0) is 10.1. The van der Waals surface area contributed by atoms with Crippen LogP contribution in [-0.2, 0) is 9.47 Å². The molecule has 0 amide bonds. The lowest BCUT2D eigenvalue weighted by atomic mass is 10.4. The van der Waals surface area contributed by atoms with Crippen LogP contribution in [0.15, 0.2) is 0 Å². The molecule has 0 aromatic heterocycles. The van der Waals surface area contributed by atoms with E-state index in [0.29, 0.717) is 18.2 Å². The molecule has 0 aliphatic rings.